The number of aliphatic hydroxyl groups is 1. The molecule has 0 heterocycles. The molecular formula is C23H47NaO4S. The monoisotopic (exact) mass is 442 g/mol. The Balaban J connectivity index is 0. The van der Waals surface area contributed by atoms with E-state index < -0.39 is 21.5 Å². The Kier molecular flexibility index (Phi) is 24.4. The summed E-state index contributed by atoms with van der Waals surface area (Å²) in [5.74, 6) is 0. The maximum Gasteiger partial charge on any atom is 1.00 e. The first-order valence-electron chi connectivity index (χ1n) is 12.0. The molecule has 2 atom stereocenters. The van der Waals surface area contributed by atoms with Crippen molar-refractivity contribution in [1.82, 2.24) is 0 Å². The van der Waals surface area contributed by atoms with Gasteiger partial charge in [0.05, 0.1) is 16.2 Å². The number of aliphatic hydroxyl groups excluding tert-OH is 1. The molecule has 0 aromatic carbocycles. The molecule has 1 N–H and O–H groups in total. The Morgan fingerprint density at radius 2 is 1.00 bits per heavy atom. The van der Waals surface area contributed by atoms with Crippen LogP contribution in [0.3, 0.4) is 0 Å². The van der Waals surface area contributed by atoms with Crippen molar-refractivity contribution in [3.05, 3.63) is 0 Å². The van der Waals surface area contributed by atoms with Gasteiger partial charge in [0, 0.05) is 5.25 Å². The first kappa shape index (κ1) is 32.1. The quantitative estimate of drug-likeness (QED) is 0.167. The van der Waals surface area contributed by atoms with E-state index in [4.69, 9.17) is 0 Å². The maximum absolute atomic E-state index is 11.4. The minimum atomic E-state index is -4.21. The number of hydrogen-bond acceptors (Lipinski definition) is 4. The fraction of sp³-hybridized carbons (Fsp3) is 1.00. The van der Waals surface area contributed by atoms with Gasteiger partial charge in [-0.05, 0) is 32.6 Å². The molecule has 0 saturated heterocycles. The summed E-state index contributed by atoms with van der Waals surface area (Å²) in [6.07, 6.45) is 20.8. The van der Waals surface area contributed by atoms with Gasteiger partial charge in [-0.2, -0.15) is 0 Å². The second-order valence-corrected chi connectivity index (χ2v) is 10.3. The molecule has 0 aliphatic heterocycles. The summed E-state index contributed by atoms with van der Waals surface area (Å²) in [5, 5.41) is 8.49. The van der Waals surface area contributed by atoms with Gasteiger partial charge < -0.3 is 9.66 Å². The van der Waals surface area contributed by atoms with Gasteiger partial charge in [-0.1, -0.05) is 103 Å². The van der Waals surface area contributed by atoms with Gasteiger partial charge >= 0.3 is 29.6 Å². The van der Waals surface area contributed by atoms with Gasteiger partial charge in [-0.15, -0.1) is 0 Å². The zero-order chi connectivity index (χ0) is 21.1. The zero-order valence-electron chi connectivity index (χ0n) is 19.7. The summed E-state index contributed by atoms with van der Waals surface area (Å²) < 4.78 is 34.1. The van der Waals surface area contributed by atoms with Crippen molar-refractivity contribution in [2.45, 2.75) is 147 Å². The average Bonchev–Trinajstić information content (AvgIpc) is 2.62. The summed E-state index contributed by atoms with van der Waals surface area (Å²) in [5.41, 5.74) is 0. The van der Waals surface area contributed by atoms with Crippen LogP contribution in [0.15, 0.2) is 0 Å². The Morgan fingerprint density at radius 1 is 0.655 bits per heavy atom. The van der Waals surface area contributed by atoms with Crippen molar-refractivity contribution >= 4 is 10.1 Å². The first-order valence-corrected chi connectivity index (χ1v) is 13.5. The smallest absolute Gasteiger partial charge is 0.748 e. The molecule has 0 fully saturated rings. The second kappa shape index (κ2) is 22.1. The Labute approximate surface area is 204 Å². The van der Waals surface area contributed by atoms with Crippen LogP contribution < -0.4 is 29.6 Å². The van der Waals surface area contributed by atoms with E-state index in [1.807, 2.05) is 0 Å². The predicted molar refractivity (Wildman–Crippen MR) is 119 cm³/mol. The largest absolute Gasteiger partial charge is 1.00 e. The molecule has 170 valence electrons. The van der Waals surface area contributed by atoms with E-state index in [2.05, 4.69) is 6.92 Å². The third-order valence-corrected chi connectivity index (χ3v) is 6.97. The van der Waals surface area contributed by atoms with E-state index in [0.29, 0.717) is 25.7 Å². The Bertz CT molecular complexity index is 427. The molecular weight excluding hydrogens is 395 g/mol. The molecule has 0 saturated carbocycles. The van der Waals surface area contributed by atoms with Crippen LogP contribution in [-0.2, 0) is 10.1 Å². The topological polar surface area (TPSA) is 77.4 Å². The maximum atomic E-state index is 11.4. The molecule has 0 amide bonds. The van der Waals surface area contributed by atoms with Crippen molar-refractivity contribution in [3.8, 4) is 0 Å². The van der Waals surface area contributed by atoms with Crippen LogP contribution in [0.5, 0.6) is 0 Å². The molecule has 0 aromatic heterocycles. The summed E-state index contributed by atoms with van der Waals surface area (Å²) >= 11 is 0. The van der Waals surface area contributed by atoms with E-state index in [0.717, 1.165) is 19.3 Å². The van der Waals surface area contributed by atoms with Gasteiger partial charge in [0.2, 0.25) is 0 Å². The normalized spacial score (nSPS) is 13.8. The summed E-state index contributed by atoms with van der Waals surface area (Å²) in [6.45, 7) is 3.95. The van der Waals surface area contributed by atoms with Crippen LogP contribution in [0.1, 0.15) is 136 Å². The molecule has 4 nitrogen and oxygen atoms in total. The van der Waals surface area contributed by atoms with Crippen molar-refractivity contribution in [3.63, 3.8) is 0 Å². The van der Waals surface area contributed by atoms with E-state index in [1.54, 1.807) is 6.92 Å². The fourth-order valence-electron chi connectivity index (χ4n) is 3.82. The summed E-state index contributed by atoms with van der Waals surface area (Å²) in [4.78, 5) is 0. The number of unbranched alkanes of at least 4 members (excludes halogenated alkanes) is 14. The van der Waals surface area contributed by atoms with Gasteiger partial charge in [0.25, 0.3) is 0 Å². The van der Waals surface area contributed by atoms with E-state index >= 15 is 0 Å². The molecule has 29 heavy (non-hydrogen) atoms. The third kappa shape index (κ3) is 23.4. The van der Waals surface area contributed by atoms with E-state index in [-0.39, 0.29) is 29.6 Å². The van der Waals surface area contributed by atoms with Gasteiger partial charge in [0.15, 0.2) is 0 Å². The number of hydrogen-bond donors (Lipinski definition) is 1. The van der Waals surface area contributed by atoms with Crippen LogP contribution in [0, 0.1) is 0 Å². The van der Waals surface area contributed by atoms with Crippen molar-refractivity contribution in [1.29, 1.82) is 0 Å². The van der Waals surface area contributed by atoms with Crippen LogP contribution in [0.2, 0.25) is 0 Å². The average molecular weight is 443 g/mol. The van der Waals surface area contributed by atoms with Crippen LogP contribution in [0.4, 0.5) is 0 Å². The molecule has 0 radical (unpaired) electrons. The molecule has 0 rings (SSSR count). The Morgan fingerprint density at radius 3 is 1.34 bits per heavy atom. The van der Waals surface area contributed by atoms with Crippen molar-refractivity contribution in [2.24, 2.45) is 0 Å². The zero-order valence-corrected chi connectivity index (χ0v) is 22.5. The summed E-state index contributed by atoms with van der Waals surface area (Å²) in [7, 11) is -4.21. The summed E-state index contributed by atoms with van der Waals surface area (Å²) in [6, 6.07) is 0. The molecule has 6 heteroatoms. The molecule has 2 unspecified atom stereocenters. The predicted octanol–water partition coefficient (Wildman–Crippen LogP) is 3.72. The minimum Gasteiger partial charge on any atom is -0.748 e. The SMILES string of the molecule is CCCCCCCCCCCCCCCCCC(CCCC(C)O)S(=O)(=O)[O-].[Na+]. The fourth-order valence-corrected chi connectivity index (χ4v) is 4.73. The molecule has 0 aromatic rings. The van der Waals surface area contributed by atoms with Gasteiger partial charge in [0.1, 0.15) is 0 Å². The third-order valence-electron chi connectivity index (χ3n) is 5.69. The number of rotatable bonds is 21. The van der Waals surface area contributed by atoms with Crippen molar-refractivity contribution in [2.75, 3.05) is 0 Å². The first-order chi connectivity index (χ1) is 13.4. The van der Waals surface area contributed by atoms with Crippen LogP contribution >= 0.6 is 0 Å². The van der Waals surface area contributed by atoms with Crippen LogP contribution in [-0.4, -0.2) is 29.4 Å². The molecule has 0 aliphatic carbocycles. The van der Waals surface area contributed by atoms with E-state index in [9.17, 15) is 18.1 Å². The van der Waals surface area contributed by atoms with E-state index in [1.165, 1.54) is 77.0 Å². The minimum absolute atomic E-state index is 0. The standard InChI is InChI=1S/C23H48O4S.Na/c1-3-4-5-6-7-8-9-10-11-12-13-14-15-16-17-20-23(28(25,26)27)21-18-19-22(2)24;/h22-24H,3-21H2,1-2H3,(H,25,26,27);/q;+1/p-1. The van der Waals surface area contributed by atoms with Gasteiger partial charge in [-0.25, -0.2) is 8.42 Å². The van der Waals surface area contributed by atoms with Crippen molar-refractivity contribution < 1.29 is 47.6 Å². The Hall–Kier alpha value is 0.870. The van der Waals surface area contributed by atoms with Crippen LogP contribution in [0.25, 0.3) is 0 Å². The van der Waals surface area contributed by atoms with Gasteiger partial charge in [-0.3, -0.25) is 0 Å². The molecule has 0 aliphatic rings. The molecule has 0 spiro atoms. The second-order valence-electron chi connectivity index (χ2n) is 8.63. The molecule has 0 bridgehead atoms.